The van der Waals surface area contributed by atoms with Gasteiger partial charge in [-0.2, -0.15) is 0 Å². The van der Waals surface area contributed by atoms with Gasteiger partial charge in [0.05, 0.1) is 7.11 Å². The predicted molar refractivity (Wildman–Crippen MR) is 73.4 cm³/mol. The van der Waals surface area contributed by atoms with Crippen molar-refractivity contribution in [1.82, 2.24) is 0 Å². The van der Waals surface area contributed by atoms with E-state index in [1.54, 1.807) is 30.3 Å². The van der Waals surface area contributed by atoms with Gasteiger partial charge in [0.25, 0.3) is 0 Å². The van der Waals surface area contributed by atoms with Crippen LogP contribution in [0.4, 0.5) is 10.1 Å². The summed E-state index contributed by atoms with van der Waals surface area (Å²) in [6.07, 6.45) is 0. The van der Waals surface area contributed by atoms with Gasteiger partial charge < -0.3 is 15.2 Å². The molecule has 0 aliphatic heterocycles. The predicted octanol–water partition coefficient (Wildman–Crippen LogP) is 3.07. The number of ether oxygens (including phenoxy) is 1. The molecule has 1 atom stereocenters. The van der Waals surface area contributed by atoms with Gasteiger partial charge in [-0.15, -0.1) is 0 Å². The molecule has 2 aromatic carbocycles. The highest BCUT2D eigenvalue weighted by molar-refractivity contribution is 5.79. The Kier molecular flexibility index (Phi) is 4.20. The van der Waals surface area contributed by atoms with E-state index in [-0.39, 0.29) is 0 Å². The molecule has 20 heavy (non-hydrogen) atoms. The van der Waals surface area contributed by atoms with E-state index in [0.717, 1.165) is 0 Å². The highest BCUT2D eigenvalue weighted by Crippen LogP contribution is 2.23. The van der Waals surface area contributed by atoms with Gasteiger partial charge in [0.1, 0.15) is 11.6 Å². The number of hydrogen-bond donors (Lipinski definition) is 2. The van der Waals surface area contributed by atoms with Crippen molar-refractivity contribution in [3.63, 3.8) is 0 Å². The number of halogens is 1. The van der Waals surface area contributed by atoms with Gasteiger partial charge in [0.2, 0.25) is 0 Å². The third-order valence-corrected chi connectivity index (χ3v) is 2.81. The molecule has 0 aliphatic rings. The topological polar surface area (TPSA) is 58.6 Å². The number of anilines is 1. The summed E-state index contributed by atoms with van der Waals surface area (Å²) in [6, 6.07) is 11.4. The van der Waals surface area contributed by atoms with Crippen LogP contribution < -0.4 is 10.1 Å². The molecule has 0 amide bonds. The summed E-state index contributed by atoms with van der Waals surface area (Å²) in [7, 11) is 1.53. The molecule has 0 aliphatic carbocycles. The van der Waals surface area contributed by atoms with E-state index in [9.17, 15) is 14.3 Å². The Morgan fingerprint density at radius 2 is 2.00 bits per heavy atom. The van der Waals surface area contributed by atoms with E-state index in [4.69, 9.17) is 4.74 Å². The Balaban J connectivity index is 2.28. The Bertz CT molecular complexity index is 616. The van der Waals surface area contributed by atoms with Gasteiger partial charge in [0.15, 0.2) is 6.04 Å². The molecule has 0 bridgehead atoms. The summed E-state index contributed by atoms with van der Waals surface area (Å²) in [5.41, 5.74) is 0.932. The summed E-state index contributed by atoms with van der Waals surface area (Å²) in [6.45, 7) is 0. The molecule has 0 saturated carbocycles. The van der Waals surface area contributed by atoms with E-state index >= 15 is 0 Å². The fourth-order valence-electron chi connectivity index (χ4n) is 1.85. The molecule has 0 aromatic heterocycles. The minimum atomic E-state index is -1.08. The average Bonchev–Trinajstić information content (AvgIpc) is 2.44. The third kappa shape index (κ3) is 3.26. The van der Waals surface area contributed by atoms with Crippen LogP contribution in [-0.2, 0) is 4.79 Å². The molecule has 2 aromatic rings. The van der Waals surface area contributed by atoms with Gasteiger partial charge in [-0.25, -0.2) is 9.18 Å². The molecule has 0 fully saturated rings. The third-order valence-electron chi connectivity index (χ3n) is 2.81. The lowest BCUT2D eigenvalue weighted by Gasteiger charge is -2.16. The molecule has 2 N–H and O–H groups in total. The highest BCUT2D eigenvalue weighted by Gasteiger charge is 2.20. The van der Waals surface area contributed by atoms with Crippen molar-refractivity contribution in [2.75, 3.05) is 12.4 Å². The van der Waals surface area contributed by atoms with Crippen molar-refractivity contribution in [2.45, 2.75) is 6.04 Å². The first kappa shape index (κ1) is 13.9. The van der Waals surface area contributed by atoms with Crippen LogP contribution in [0.2, 0.25) is 0 Å². The van der Waals surface area contributed by atoms with Crippen molar-refractivity contribution in [3.05, 3.63) is 59.9 Å². The van der Waals surface area contributed by atoms with Crippen LogP contribution in [0.15, 0.2) is 48.5 Å². The quantitative estimate of drug-likeness (QED) is 0.880. The molecule has 4 nitrogen and oxygen atoms in total. The van der Waals surface area contributed by atoms with Gasteiger partial charge in [-0.05, 0) is 29.8 Å². The van der Waals surface area contributed by atoms with Crippen LogP contribution in [0.1, 0.15) is 11.6 Å². The van der Waals surface area contributed by atoms with Crippen LogP contribution in [0.25, 0.3) is 0 Å². The maximum absolute atomic E-state index is 13.2. The van der Waals surface area contributed by atoms with Gasteiger partial charge in [0, 0.05) is 11.8 Å². The molecule has 104 valence electrons. The minimum absolute atomic E-state index is 0.348. The molecule has 0 spiro atoms. The molecule has 0 saturated heterocycles. The minimum Gasteiger partial charge on any atom is -0.497 e. The zero-order valence-corrected chi connectivity index (χ0v) is 10.8. The van der Waals surface area contributed by atoms with E-state index in [1.165, 1.54) is 25.3 Å². The van der Waals surface area contributed by atoms with Crippen LogP contribution in [0, 0.1) is 5.82 Å². The summed E-state index contributed by atoms with van der Waals surface area (Å²) in [5, 5.41) is 12.1. The Morgan fingerprint density at radius 3 is 2.65 bits per heavy atom. The van der Waals surface area contributed by atoms with Gasteiger partial charge in [-0.3, -0.25) is 0 Å². The second kappa shape index (κ2) is 6.06. The second-order valence-electron chi connectivity index (χ2n) is 4.20. The molecule has 5 heteroatoms. The Morgan fingerprint density at radius 1 is 1.25 bits per heavy atom. The van der Waals surface area contributed by atoms with Crippen LogP contribution in [0.3, 0.4) is 0 Å². The van der Waals surface area contributed by atoms with Crippen molar-refractivity contribution in [1.29, 1.82) is 0 Å². The normalized spacial score (nSPS) is 11.7. The zero-order chi connectivity index (χ0) is 14.5. The Labute approximate surface area is 115 Å². The maximum Gasteiger partial charge on any atom is 0.330 e. The summed E-state index contributed by atoms with van der Waals surface area (Å²) < 4.78 is 18.3. The lowest BCUT2D eigenvalue weighted by atomic mass is 10.1. The molecule has 1 unspecified atom stereocenters. The second-order valence-corrected chi connectivity index (χ2v) is 4.20. The zero-order valence-electron chi connectivity index (χ0n) is 10.8. The van der Waals surface area contributed by atoms with Crippen LogP contribution >= 0.6 is 0 Å². The molecular weight excluding hydrogens is 261 g/mol. The number of rotatable bonds is 5. The van der Waals surface area contributed by atoms with E-state index in [2.05, 4.69) is 5.32 Å². The smallest absolute Gasteiger partial charge is 0.330 e. The molecule has 0 radical (unpaired) electrons. The van der Waals surface area contributed by atoms with Crippen molar-refractivity contribution in [3.8, 4) is 5.75 Å². The van der Waals surface area contributed by atoms with Crippen molar-refractivity contribution in [2.24, 2.45) is 0 Å². The van der Waals surface area contributed by atoms with E-state index < -0.39 is 17.8 Å². The van der Waals surface area contributed by atoms with Gasteiger partial charge >= 0.3 is 5.97 Å². The number of carboxylic acids is 1. The summed E-state index contributed by atoms with van der Waals surface area (Å²) in [5.74, 6) is -0.946. The lowest BCUT2D eigenvalue weighted by Crippen LogP contribution is -2.20. The number of methoxy groups -OCH3 is 1. The number of carboxylic acid groups (broad SMARTS) is 1. The fraction of sp³-hybridized carbons (Fsp3) is 0.133. The van der Waals surface area contributed by atoms with E-state index in [0.29, 0.717) is 17.0 Å². The van der Waals surface area contributed by atoms with E-state index in [1.807, 2.05) is 0 Å². The first-order valence-electron chi connectivity index (χ1n) is 5.99. The van der Waals surface area contributed by atoms with Gasteiger partial charge in [-0.1, -0.05) is 18.2 Å². The number of aliphatic carboxylic acids is 1. The van der Waals surface area contributed by atoms with Crippen molar-refractivity contribution < 1.29 is 19.0 Å². The maximum atomic E-state index is 13.2. The standard InChI is InChI=1S/C15H14FNO3/c1-20-13-7-3-6-12(9-13)17-14(15(18)19)10-4-2-5-11(16)8-10/h2-9,14,17H,1H3,(H,18,19). The lowest BCUT2D eigenvalue weighted by molar-refractivity contribution is -0.138. The fourth-order valence-corrected chi connectivity index (χ4v) is 1.85. The molecule has 2 rings (SSSR count). The van der Waals surface area contributed by atoms with Crippen molar-refractivity contribution >= 4 is 11.7 Å². The number of carbonyl (C=O) groups is 1. The number of nitrogens with one attached hydrogen (secondary N) is 1. The monoisotopic (exact) mass is 275 g/mol. The molecular formula is C15H14FNO3. The summed E-state index contributed by atoms with van der Waals surface area (Å²) >= 11 is 0. The van der Waals surface area contributed by atoms with Crippen LogP contribution in [-0.4, -0.2) is 18.2 Å². The largest absolute Gasteiger partial charge is 0.497 e. The first-order chi connectivity index (χ1) is 9.60. The number of benzene rings is 2. The molecule has 0 heterocycles. The average molecular weight is 275 g/mol. The SMILES string of the molecule is COc1cccc(NC(C(=O)O)c2cccc(F)c2)c1. The highest BCUT2D eigenvalue weighted by atomic mass is 19.1. The van der Waals surface area contributed by atoms with Crippen LogP contribution in [0.5, 0.6) is 5.75 Å². The first-order valence-corrected chi connectivity index (χ1v) is 5.99. The summed E-state index contributed by atoms with van der Waals surface area (Å²) in [4.78, 5) is 11.4. The Hall–Kier alpha value is -2.56. The number of hydrogen-bond acceptors (Lipinski definition) is 3.